The largest absolute Gasteiger partial charge is 0.472 e. The maximum atomic E-state index is 12.6. The molecule has 12 heteroatoms. The predicted octanol–water partition coefficient (Wildman–Crippen LogP) is 10.3. The van der Waals surface area contributed by atoms with Crippen molar-refractivity contribution in [2.24, 2.45) is 0 Å². The molecule has 0 bridgehead atoms. The van der Waals surface area contributed by atoms with Crippen molar-refractivity contribution in [3.8, 4) is 0 Å². The van der Waals surface area contributed by atoms with Crippen molar-refractivity contribution in [3.05, 3.63) is 60.8 Å². The van der Waals surface area contributed by atoms with E-state index in [0.29, 0.717) is 25.7 Å². The van der Waals surface area contributed by atoms with Crippen LogP contribution in [-0.2, 0) is 37.5 Å². The van der Waals surface area contributed by atoms with E-state index in [0.717, 1.165) is 70.6 Å². The van der Waals surface area contributed by atoms with Crippen LogP contribution in [0, 0.1) is 0 Å². The van der Waals surface area contributed by atoms with E-state index in [9.17, 15) is 28.9 Å². The fourth-order valence-electron chi connectivity index (χ4n) is 5.29. The third kappa shape index (κ3) is 38.2. The number of phosphoric acid groups is 1. The number of allylic oxidation sites excluding steroid dienone is 10. The van der Waals surface area contributed by atoms with Crippen LogP contribution >= 0.6 is 7.82 Å². The molecule has 0 aliphatic carbocycles. The monoisotopic (exact) mass is 811 g/mol. The van der Waals surface area contributed by atoms with Gasteiger partial charge in [-0.1, -0.05) is 133 Å². The topological polar surface area (TPSA) is 166 Å². The Labute approximate surface area is 338 Å². The molecule has 0 aromatic heterocycles. The van der Waals surface area contributed by atoms with Crippen molar-refractivity contribution in [1.82, 2.24) is 0 Å². The van der Waals surface area contributed by atoms with Gasteiger partial charge in [-0.05, 0) is 70.3 Å². The van der Waals surface area contributed by atoms with E-state index in [-0.39, 0.29) is 25.2 Å². The van der Waals surface area contributed by atoms with Crippen LogP contribution in [0.2, 0.25) is 0 Å². The first kappa shape index (κ1) is 53.3. The van der Waals surface area contributed by atoms with E-state index in [1.165, 1.54) is 38.5 Å². The zero-order chi connectivity index (χ0) is 41.4. The third-order valence-electron chi connectivity index (χ3n) is 8.62. The molecule has 0 aromatic carbocycles. The molecule has 0 fully saturated rings. The Kier molecular flexibility index (Phi) is 37.3. The third-order valence-corrected chi connectivity index (χ3v) is 9.57. The SMILES string of the molecule is CCCCCCCC/C=C\CCCCCCCC(=O)OC[C@H](COP(=O)(O)OC[C@@H](O)CO)OC(=O)CCC/C=C\C/C=C\C/C=C\C=C\C(=O)CCCCC. The lowest BCUT2D eigenvalue weighted by Gasteiger charge is -2.20. The van der Waals surface area contributed by atoms with Crippen LogP contribution in [0.5, 0.6) is 0 Å². The Bertz CT molecular complexity index is 1180. The average molecular weight is 811 g/mol. The van der Waals surface area contributed by atoms with Gasteiger partial charge >= 0.3 is 19.8 Å². The van der Waals surface area contributed by atoms with Crippen LogP contribution in [0.25, 0.3) is 0 Å². The van der Waals surface area contributed by atoms with E-state index in [4.69, 9.17) is 19.1 Å². The van der Waals surface area contributed by atoms with Crippen molar-refractivity contribution in [2.45, 2.75) is 174 Å². The normalized spacial score (nSPS) is 14.4. The minimum atomic E-state index is -4.65. The molecule has 0 aliphatic rings. The van der Waals surface area contributed by atoms with Crippen LogP contribution in [-0.4, -0.2) is 71.5 Å². The highest BCUT2D eigenvalue weighted by Gasteiger charge is 2.27. The Morgan fingerprint density at radius 3 is 1.79 bits per heavy atom. The molecule has 0 amide bonds. The Balaban J connectivity index is 4.48. The smallest absolute Gasteiger partial charge is 0.462 e. The molecule has 0 saturated heterocycles. The van der Waals surface area contributed by atoms with Crippen LogP contribution in [0.3, 0.4) is 0 Å². The fraction of sp³-hybridized carbons (Fsp3) is 0.705. The first-order chi connectivity index (χ1) is 27.1. The van der Waals surface area contributed by atoms with E-state index in [2.05, 4.69) is 30.5 Å². The van der Waals surface area contributed by atoms with Gasteiger partial charge in [0.2, 0.25) is 0 Å². The lowest BCUT2D eigenvalue weighted by atomic mass is 10.1. The molecule has 322 valence electrons. The lowest BCUT2D eigenvalue weighted by Crippen LogP contribution is -2.29. The molecule has 0 radical (unpaired) electrons. The minimum absolute atomic E-state index is 0.0783. The number of ether oxygens (including phenoxy) is 2. The number of rotatable bonds is 39. The quantitative estimate of drug-likeness (QED) is 0.0135. The van der Waals surface area contributed by atoms with Crippen LogP contribution in [0.1, 0.15) is 162 Å². The molecular formula is C44H75O11P. The predicted molar refractivity (Wildman–Crippen MR) is 224 cm³/mol. The number of carbonyl (C=O) groups is 3. The summed E-state index contributed by atoms with van der Waals surface area (Å²) in [6.07, 6.45) is 38.9. The number of phosphoric ester groups is 1. The summed E-state index contributed by atoms with van der Waals surface area (Å²) in [5.41, 5.74) is 0. The Morgan fingerprint density at radius 1 is 0.589 bits per heavy atom. The van der Waals surface area contributed by atoms with Crippen molar-refractivity contribution in [3.63, 3.8) is 0 Å². The molecule has 0 spiro atoms. The van der Waals surface area contributed by atoms with Gasteiger partial charge in [0.25, 0.3) is 0 Å². The summed E-state index contributed by atoms with van der Waals surface area (Å²) in [5, 5.41) is 18.3. The highest BCUT2D eigenvalue weighted by atomic mass is 31.2. The summed E-state index contributed by atoms with van der Waals surface area (Å²) in [4.78, 5) is 46.6. The zero-order valence-electron chi connectivity index (χ0n) is 34.6. The molecule has 1 unspecified atom stereocenters. The van der Waals surface area contributed by atoms with Gasteiger partial charge in [-0.3, -0.25) is 23.4 Å². The van der Waals surface area contributed by atoms with Crippen molar-refractivity contribution < 1.29 is 52.6 Å². The van der Waals surface area contributed by atoms with Crippen molar-refractivity contribution in [1.29, 1.82) is 0 Å². The molecule has 0 aromatic rings. The van der Waals surface area contributed by atoms with Gasteiger partial charge in [-0.15, -0.1) is 0 Å². The number of esters is 2. The number of aliphatic hydroxyl groups is 2. The van der Waals surface area contributed by atoms with Gasteiger partial charge in [-0.25, -0.2) is 4.57 Å². The molecule has 3 atom stereocenters. The molecule has 0 saturated carbocycles. The summed E-state index contributed by atoms with van der Waals surface area (Å²) in [5.74, 6) is -0.884. The number of aliphatic hydroxyl groups excluding tert-OH is 2. The minimum Gasteiger partial charge on any atom is -0.462 e. The van der Waals surface area contributed by atoms with Gasteiger partial charge in [0.05, 0.1) is 19.8 Å². The second-order valence-electron chi connectivity index (χ2n) is 14.0. The first-order valence-corrected chi connectivity index (χ1v) is 22.7. The van der Waals surface area contributed by atoms with E-state index >= 15 is 0 Å². The van der Waals surface area contributed by atoms with Gasteiger partial charge in [0, 0.05) is 19.3 Å². The summed E-state index contributed by atoms with van der Waals surface area (Å²) in [6.45, 7) is 2.11. The van der Waals surface area contributed by atoms with Gasteiger partial charge in [-0.2, -0.15) is 0 Å². The molecule has 56 heavy (non-hydrogen) atoms. The van der Waals surface area contributed by atoms with Crippen molar-refractivity contribution >= 4 is 25.5 Å². The van der Waals surface area contributed by atoms with E-state index in [1.807, 2.05) is 36.5 Å². The molecule has 0 aliphatic heterocycles. The number of carbonyl (C=O) groups excluding carboxylic acids is 3. The van der Waals surface area contributed by atoms with Crippen LogP contribution in [0.4, 0.5) is 0 Å². The maximum Gasteiger partial charge on any atom is 0.472 e. The molecule has 0 rings (SSSR count). The van der Waals surface area contributed by atoms with Crippen LogP contribution in [0.15, 0.2) is 60.8 Å². The molecule has 3 N–H and O–H groups in total. The number of hydrogen-bond acceptors (Lipinski definition) is 10. The standard InChI is InChI=1S/C44H75O11P/c1-3-5-7-8-9-10-11-12-13-14-17-20-23-26-30-34-43(48)52-38-42(39-54-56(50,51)53-37-41(47)36-45)55-44(49)35-31-27-24-21-18-15-16-19-22-25-29-33-40(46)32-28-6-4-2/h12-13,15-16,21-22,24-25,29,33,41-42,45,47H,3-11,14,17-20,23,26-28,30-32,34-39H2,1-2H3,(H,50,51)/b13-12-,16-15-,24-21-,25-22-,33-29+/t41-,42+/m0/s1. The average Bonchev–Trinajstić information content (AvgIpc) is 3.18. The Hall–Kier alpha value is -2.66. The van der Waals surface area contributed by atoms with Gasteiger partial charge < -0.3 is 24.6 Å². The van der Waals surface area contributed by atoms with Crippen molar-refractivity contribution in [2.75, 3.05) is 26.4 Å². The maximum absolute atomic E-state index is 12.6. The number of unbranched alkanes of at least 4 members (excludes halogenated alkanes) is 14. The molecular weight excluding hydrogens is 735 g/mol. The van der Waals surface area contributed by atoms with Gasteiger partial charge in [0.15, 0.2) is 11.9 Å². The van der Waals surface area contributed by atoms with Gasteiger partial charge in [0.1, 0.15) is 12.7 Å². The zero-order valence-corrected chi connectivity index (χ0v) is 35.5. The summed E-state index contributed by atoms with van der Waals surface area (Å²) < 4.78 is 32.6. The van der Waals surface area contributed by atoms with Crippen LogP contribution < -0.4 is 0 Å². The fourth-order valence-corrected chi connectivity index (χ4v) is 6.08. The van der Waals surface area contributed by atoms with E-state index in [1.54, 1.807) is 12.2 Å². The second kappa shape index (κ2) is 39.2. The summed E-state index contributed by atoms with van der Waals surface area (Å²) in [7, 11) is -4.65. The Morgan fingerprint density at radius 2 is 1.11 bits per heavy atom. The van der Waals surface area contributed by atoms with E-state index < -0.39 is 51.8 Å². The summed E-state index contributed by atoms with van der Waals surface area (Å²) >= 11 is 0. The highest BCUT2D eigenvalue weighted by Crippen LogP contribution is 2.43. The number of ketones is 1. The highest BCUT2D eigenvalue weighted by molar-refractivity contribution is 7.47. The first-order valence-electron chi connectivity index (χ1n) is 21.2. The molecule has 0 heterocycles. The summed E-state index contributed by atoms with van der Waals surface area (Å²) in [6, 6.07) is 0. The molecule has 11 nitrogen and oxygen atoms in total. The second-order valence-corrected chi connectivity index (χ2v) is 15.5. The number of hydrogen-bond donors (Lipinski definition) is 3. The lowest BCUT2D eigenvalue weighted by molar-refractivity contribution is -0.161.